The average molecular weight is 340 g/mol. The molecule has 6 nitrogen and oxygen atoms in total. The van der Waals surface area contributed by atoms with Crippen LogP contribution in [-0.4, -0.2) is 51.1 Å². The largest absolute Gasteiger partial charge is 0.497 e. The van der Waals surface area contributed by atoms with Gasteiger partial charge in [-0.05, 0) is 37.0 Å². The molecule has 1 atom stereocenters. The number of nitrogens with one attached hydrogen (secondary N) is 1. The summed E-state index contributed by atoms with van der Waals surface area (Å²) >= 11 is 0. The number of methoxy groups -OCH3 is 1. The van der Waals surface area contributed by atoms with Crippen LogP contribution in [0.2, 0.25) is 0 Å². The first-order valence-electron chi connectivity index (χ1n) is 7.79. The molecular formula is C16H24N2O4S. The number of piperidine rings is 1. The van der Waals surface area contributed by atoms with Crippen molar-refractivity contribution in [3.05, 3.63) is 29.8 Å². The van der Waals surface area contributed by atoms with Gasteiger partial charge in [-0.25, -0.2) is 8.42 Å². The predicted octanol–water partition coefficient (Wildman–Crippen LogP) is 1.17. The topological polar surface area (TPSA) is 75.7 Å². The molecule has 1 N–H and O–H groups in total. The van der Waals surface area contributed by atoms with E-state index in [1.807, 2.05) is 24.3 Å². The fourth-order valence-electron chi connectivity index (χ4n) is 2.84. The highest BCUT2D eigenvalue weighted by Gasteiger charge is 2.34. The minimum Gasteiger partial charge on any atom is -0.497 e. The summed E-state index contributed by atoms with van der Waals surface area (Å²) in [5.41, 5.74) is 1.06. The first-order valence-corrected chi connectivity index (χ1v) is 9.64. The first-order chi connectivity index (χ1) is 10.9. The number of amides is 1. The van der Waals surface area contributed by atoms with Crippen LogP contribution in [0.5, 0.6) is 5.75 Å². The van der Waals surface area contributed by atoms with Crippen molar-refractivity contribution in [1.29, 1.82) is 0 Å². The van der Waals surface area contributed by atoms with Crippen LogP contribution in [0.15, 0.2) is 24.3 Å². The standard InChI is InChI=1S/C16H24N2O4S/c1-22-14-7-5-6-13(12-14)9-10-17-16(19)15-8-3-4-11-18(15)23(2,20)21/h5-7,12,15H,3-4,8-11H2,1-2H3,(H,17,19)/t15-/m0/s1. The van der Waals surface area contributed by atoms with Gasteiger partial charge < -0.3 is 10.1 Å². The second-order valence-electron chi connectivity index (χ2n) is 5.78. The van der Waals surface area contributed by atoms with Crippen molar-refractivity contribution in [3.8, 4) is 5.75 Å². The molecule has 1 amide bonds. The summed E-state index contributed by atoms with van der Waals surface area (Å²) in [5.74, 6) is 0.572. The summed E-state index contributed by atoms with van der Waals surface area (Å²) in [6.45, 7) is 0.896. The van der Waals surface area contributed by atoms with Gasteiger partial charge in [-0.2, -0.15) is 4.31 Å². The quantitative estimate of drug-likeness (QED) is 0.843. The molecule has 23 heavy (non-hydrogen) atoms. The Hall–Kier alpha value is -1.60. The van der Waals surface area contributed by atoms with Crippen molar-refractivity contribution >= 4 is 15.9 Å². The van der Waals surface area contributed by atoms with E-state index in [4.69, 9.17) is 4.74 Å². The molecule has 1 saturated heterocycles. The van der Waals surface area contributed by atoms with E-state index in [-0.39, 0.29) is 5.91 Å². The van der Waals surface area contributed by atoms with Crippen molar-refractivity contribution in [1.82, 2.24) is 9.62 Å². The highest BCUT2D eigenvalue weighted by Crippen LogP contribution is 2.20. The number of sulfonamides is 1. The van der Waals surface area contributed by atoms with E-state index in [0.29, 0.717) is 25.9 Å². The normalized spacial score (nSPS) is 19.3. The number of carbonyl (C=O) groups is 1. The molecule has 1 aliphatic rings. The van der Waals surface area contributed by atoms with Crippen molar-refractivity contribution in [2.75, 3.05) is 26.5 Å². The van der Waals surface area contributed by atoms with E-state index in [0.717, 1.165) is 30.4 Å². The number of ether oxygens (including phenoxy) is 1. The maximum atomic E-state index is 12.3. The zero-order valence-corrected chi connectivity index (χ0v) is 14.4. The van der Waals surface area contributed by atoms with Crippen LogP contribution in [0.3, 0.4) is 0 Å². The third-order valence-corrected chi connectivity index (χ3v) is 5.32. The lowest BCUT2D eigenvalue weighted by Crippen LogP contribution is -2.51. The molecule has 0 saturated carbocycles. The Morgan fingerprint density at radius 3 is 2.87 bits per heavy atom. The minimum atomic E-state index is -3.35. The average Bonchev–Trinajstić information content (AvgIpc) is 2.54. The Morgan fingerprint density at radius 1 is 1.39 bits per heavy atom. The molecule has 0 aliphatic carbocycles. The van der Waals surface area contributed by atoms with E-state index < -0.39 is 16.1 Å². The molecule has 1 aliphatic heterocycles. The molecule has 0 unspecified atom stereocenters. The Morgan fingerprint density at radius 2 is 2.17 bits per heavy atom. The lowest BCUT2D eigenvalue weighted by atomic mass is 10.0. The Balaban J connectivity index is 1.90. The maximum absolute atomic E-state index is 12.3. The SMILES string of the molecule is COc1cccc(CCNC(=O)[C@@H]2CCCCN2S(C)(=O)=O)c1. The molecular weight excluding hydrogens is 316 g/mol. The number of hydrogen-bond acceptors (Lipinski definition) is 4. The predicted molar refractivity (Wildman–Crippen MR) is 88.9 cm³/mol. The summed E-state index contributed by atoms with van der Waals surface area (Å²) in [6.07, 6.45) is 4.10. The van der Waals surface area contributed by atoms with Crippen LogP contribution in [0.4, 0.5) is 0 Å². The van der Waals surface area contributed by atoms with Crippen LogP contribution in [0, 0.1) is 0 Å². The van der Waals surface area contributed by atoms with E-state index in [2.05, 4.69) is 5.32 Å². The summed E-state index contributed by atoms with van der Waals surface area (Å²) < 4.78 is 30.1. The van der Waals surface area contributed by atoms with Gasteiger partial charge in [-0.3, -0.25) is 4.79 Å². The molecule has 2 rings (SSSR count). The number of nitrogens with zero attached hydrogens (tertiary/aromatic N) is 1. The van der Waals surface area contributed by atoms with Gasteiger partial charge in [-0.1, -0.05) is 18.6 Å². The number of hydrogen-bond donors (Lipinski definition) is 1. The van der Waals surface area contributed by atoms with Crippen LogP contribution in [0.25, 0.3) is 0 Å². The van der Waals surface area contributed by atoms with Crippen LogP contribution in [0.1, 0.15) is 24.8 Å². The number of carbonyl (C=O) groups excluding carboxylic acids is 1. The van der Waals surface area contributed by atoms with Crippen LogP contribution < -0.4 is 10.1 Å². The van der Waals surface area contributed by atoms with Crippen molar-refractivity contribution in [2.45, 2.75) is 31.7 Å². The van der Waals surface area contributed by atoms with Gasteiger partial charge >= 0.3 is 0 Å². The van der Waals surface area contributed by atoms with E-state index in [1.54, 1.807) is 7.11 Å². The molecule has 1 fully saturated rings. The zero-order valence-electron chi connectivity index (χ0n) is 13.6. The molecule has 1 heterocycles. The minimum absolute atomic E-state index is 0.210. The smallest absolute Gasteiger partial charge is 0.238 e. The highest BCUT2D eigenvalue weighted by atomic mass is 32.2. The molecule has 0 bridgehead atoms. The van der Waals surface area contributed by atoms with Gasteiger partial charge in [-0.15, -0.1) is 0 Å². The highest BCUT2D eigenvalue weighted by molar-refractivity contribution is 7.88. The summed E-state index contributed by atoms with van der Waals surface area (Å²) in [7, 11) is -1.74. The van der Waals surface area contributed by atoms with Crippen molar-refractivity contribution in [3.63, 3.8) is 0 Å². The number of benzene rings is 1. The molecule has 1 aromatic carbocycles. The molecule has 1 aromatic rings. The fourth-order valence-corrected chi connectivity index (χ4v) is 3.96. The second-order valence-corrected chi connectivity index (χ2v) is 7.71. The fraction of sp³-hybridized carbons (Fsp3) is 0.562. The molecule has 0 radical (unpaired) electrons. The van der Waals surface area contributed by atoms with Crippen molar-refractivity contribution in [2.24, 2.45) is 0 Å². The maximum Gasteiger partial charge on any atom is 0.238 e. The molecule has 7 heteroatoms. The van der Waals surface area contributed by atoms with Crippen LogP contribution in [-0.2, 0) is 21.2 Å². The van der Waals surface area contributed by atoms with Crippen molar-refractivity contribution < 1.29 is 17.9 Å². The van der Waals surface area contributed by atoms with Gasteiger partial charge in [0.15, 0.2) is 0 Å². The Kier molecular flexibility index (Phi) is 6.01. The van der Waals surface area contributed by atoms with E-state index in [9.17, 15) is 13.2 Å². The lowest BCUT2D eigenvalue weighted by molar-refractivity contribution is -0.125. The van der Waals surface area contributed by atoms with Gasteiger partial charge in [0.25, 0.3) is 0 Å². The molecule has 128 valence electrons. The third kappa shape index (κ3) is 4.94. The monoisotopic (exact) mass is 340 g/mol. The van der Waals surface area contributed by atoms with Crippen LogP contribution >= 0.6 is 0 Å². The number of rotatable bonds is 6. The van der Waals surface area contributed by atoms with E-state index in [1.165, 1.54) is 4.31 Å². The summed E-state index contributed by atoms with van der Waals surface area (Å²) in [4.78, 5) is 12.3. The van der Waals surface area contributed by atoms with Gasteiger partial charge in [0.1, 0.15) is 11.8 Å². The first kappa shape index (κ1) is 17.7. The second kappa shape index (κ2) is 7.79. The van der Waals surface area contributed by atoms with Gasteiger partial charge in [0.05, 0.1) is 13.4 Å². The molecule has 0 spiro atoms. The lowest BCUT2D eigenvalue weighted by Gasteiger charge is -2.32. The third-order valence-electron chi connectivity index (χ3n) is 4.03. The van der Waals surface area contributed by atoms with Gasteiger partial charge in [0, 0.05) is 13.1 Å². The van der Waals surface area contributed by atoms with E-state index >= 15 is 0 Å². The Labute approximate surface area is 137 Å². The molecule has 0 aromatic heterocycles. The van der Waals surface area contributed by atoms with Gasteiger partial charge in [0.2, 0.25) is 15.9 Å². The summed E-state index contributed by atoms with van der Waals surface area (Å²) in [5, 5.41) is 2.85. The summed E-state index contributed by atoms with van der Waals surface area (Å²) in [6, 6.07) is 7.09. The Bertz CT molecular complexity index is 645. The zero-order chi connectivity index (χ0) is 16.9.